The van der Waals surface area contributed by atoms with Crippen LogP contribution in [0.2, 0.25) is 0 Å². The number of nitrogens with zero attached hydrogens (tertiary/aromatic N) is 1. The lowest BCUT2D eigenvalue weighted by atomic mass is 10.1. The summed E-state index contributed by atoms with van der Waals surface area (Å²) in [4.78, 5) is 14.0. The minimum atomic E-state index is -4.43. The number of hydrogen-bond donors (Lipinski definition) is 3. The highest BCUT2D eigenvalue weighted by Crippen LogP contribution is 2.29. The van der Waals surface area contributed by atoms with Crippen LogP contribution in [-0.4, -0.2) is 27.6 Å². The first kappa shape index (κ1) is 23.2. The number of carbonyl (C=O) groups is 1. The number of amides is 1. The number of nitrogens with one attached hydrogen (secondary N) is 2. The largest absolute Gasteiger partial charge is 0.444 e. The molecule has 0 unspecified atom stereocenters. The monoisotopic (exact) mass is 423 g/mol. The van der Waals surface area contributed by atoms with Crippen molar-refractivity contribution in [1.29, 1.82) is 5.41 Å². The molecule has 2 aromatic carbocycles. The van der Waals surface area contributed by atoms with Crippen molar-refractivity contribution in [3.8, 4) is 0 Å². The van der Waals surface area contributed by atoms with Crippen LogP contribution in [-0.2, 0) is 24.0 Å². The molecule has 0 atom stereocenters. The second-order valence-electron chi connectivity index (χ2n) is 7.71. The minimum Gasteiger partial charge on any atom is -0.444 e. The summed E-state index contributed by atoms with van der Waals surface area (Å²) in [6.45, 7) is 5.38. The van der Waals surface area contributed by atoms with Crippen molar-refractivity contribution < 1.29 is 27.9 Å². The van der Waals surface area contributed by atoms with E-state index in [0.717, 1.165) is 17.7 Å². The molecule has 0 aliphatic rings. The maximum Gasteiger partial charge on any atom is 0.416 e. The Labute approximate surface area is 172 Å². The summed E-state index contributed by atoms with van der Waals surface area (Å²) >= 11 is 0. The van der Waals surface area contributed by atoms with E-state index in [1.54, 1.807) is 50.5 Å². The Morgan fingerprint density at radius 2 is 1.47 bits per heavy atom. The lowest BCUT2D eigenvalue weighted by Crippen LogP contribution is -2.36. The molecular formula is C21H24F3N3O3. The summed E-state index contributed by atoms with van der Waals surface area (Å²) in [5.74, 6) is -0.171. The Kier molecular flexibility index (Phi) is 7.09. The average Bonchev–Trinajstić information content (AvgIpc) is 2.66. The van der Waals surface area contributed by atoms with Gasteiger partial charge in [0.1, 0.15) is 11.4 Å². The van der Waals surface area contributed by atoms with E-state index in [2.05, 4.69) is 0 Å². The molecule has 3 N–H and O–H groups in total. The van der Waals surface area contributed by atoms with Crippen LogP contribution >= 0.6 is 0 Å². The molecule has 30 heavy (non-hydrogen) atoms. The van der Waals surface area contributed by atoms with Crippen LogP contribution in [0.4, 0.5) is 18.0 Å². The molecule has 0 radical (unpaired) electrons. The van der Waals surface area contributed by atoms with Crippen LogP contribution in [0, 0.1) is 5.41 Å². The molecular weight excluding hydrogens is 399 g/mol. The van der Waals surface area contributed by atoms with Gasteiger partial charge in [0, 0.05) is 18.7 Å². The smallest absolute Gasteiger partial charge is 0.416 e. The van der Waals surface area contributed by atoms with E-state index in [4.69, 9.17) is 15.4 Å². The van der Waals surface area contributed by atoms with E-state index < -0.39 is 23.4 Å². The van der Waals surface area contributed by atoms with Gasteiger partial charge in [0.2, 0.25) is 0 Å². The number of amidine groups is 1. The number of carbonyl (C=O) groups excluding carboxylic acids is 1. The summed E-state index contributed by atoms with van der Waals surface area (Å²) in [6, 6.07) is 11.2. The zero-order valence-electron chi connectivity index (χ0n) is 16.9. The predicted octanol–water partition coefficient (Wildman–Crippen LogP) is 4.95. The first-order chi connectivity index (χ1) is 13.9. The van der Waals surface area contributed by atoms with E-state index >= 15 is 0 Å². The van der Waals surface area contributed by atoms with Gasteiger partial charge < -0.3 is 4.74 Å². The lowest BCUT2D eigenvalue weighted by molar-refractivity contribution is -0.137. The number of halogens is 3. The normalized spacial score (nSPS) is 11.7. The van der Waals surface area contributed by atoms with Crippen LogP contribution in [0.25, 0.3) is 0 Å². The SMILES string of the molecule is CC(C)(C)OC(=O)N(Cc1ccc(C(=N)NO)cc1)Cc1ccc(C(F)(F)F)cc1. The maximum absolute atomic E-state index is 12.8. The van der Waals surface area contributed by atoms with Crippen molar-refractivity contribution in [2.45, 2.75) is 45.6 Å². The summed E-state index contributed by atoms with van der Waals surface area (Å²) < 4.78 is 43.8. The third-order valence-corrected chi connectivity index (χ3v) is 4.03. The first-order valence-electron chi connectivity index (χ1n) is 9.11. The van der Waals surface area contributed by atoms with E-state index in [0.29, 0.717) is 11.1 Å². The van der Waals surface area contributed by atoms with Gasteiger partial charge in [0.25, 0.3) is 0 Å². The first-order valence-corrected chi connectivity index (χ1v) is 9.11. The lowest BCUT2D eigenvalue weighted by Gasteiger charge is -2.28. The number of alkyl halides is 3. The molecule has 1 amide bonds. The van der Waals surface area contributed by atoms with E-state index in [1.165, 1.54) is 17.0 Å². The van der Waals surface area contributed by atoms with Gasteiger partial charge in [-0.3, -0.25) is 21.0 Å². The molecule has 0 spiro atoms. The third-order valence-electron chi connectivity index (χ3n) is 4.03. The van der Waals surface area contributed by atoms with Crippen LogP contribution in [0.15, 0.2) is 48.5 Å². The van der Waals surface area contributed by atoms with Gasteiger partial charge in [0.05, 0.1) is 5.56 Å². The van der Waals surface area contributed by atoms with Gasteiger partial charge in [-0.15, -0.1) is 0 Å². The zero-order chi connectivity index (χ0) is 22.5. The van der Waals surface area contributed by atoms with Gasteiger partial charge in [-0.2, -0.15) is 13.2 Å². The molecule has 2 rings (SSSR count). The van der Waals surface area contributed by atoms with E-state index in [1.807, 2.05) is 0 Å². The van der Waals surface area contributed by atoms with Gasteiger partial charge in [0.15, 0.2) is 0 Å². The Balaban J connectivity index is 2.22. The molecule has 162 valence electrons. The quantitative estimate of drug-likeness (QED) is 0.361. The number of benzene rings is 2. The second kappa shape index (κ2) is 9.17. The molecule has 9 heteroatoms. The highest BCUT2D eigenvalue weighted by atomic mass is 19.4. The summed E-state index contributed by atoms with van der Waals surface area (Å²) in [5, 5.41) is 16.3. The summed E-state index contributed by atoms with van der Waals surface area (Å²) in [6.07, 6.45) is -5.03. The van der Waals surface area contributed by atoms with Crippen LogP contribution in [0.1, 0.15) is 43.0 Å². The van der Waals surface area contributed by atoms with Gasteiger partial charge in [-0.05, 0) is 44.0 Å². The van der Waals surface area contributed by atoms with Crippen molar-refractivity contribution >= 4 is 11.9 Å². The van der Waals surface area contributed by atoms with Crippen molar-refractivity contribution in [3.05, 3.63) is 70.8 Å². The predicted molar refractivity (Wildman–Crippen MR) is 105 cm³/mol. The zero-order valence-corrected chi connectivity index (χ0v) is 16.9. The molecule has 0 fully saturated rings. The Bertz CT molecular complexity index is 874. The molecule has 2 aromatic rings. The Morgan fingerprint density at radius 3 is 1.87 bits per heavy atom. The van der Waals surface area contributed by atoms with Gasteiger partial charge >= 0.3 is 12.3 Å². The molecule has 0 aliphatic heterocycles. The van der Waals surface area contributed by atoms with Crippen LogP contribution in [0.3, 0.4) is 0 Å². The van der Waals surface area contributed by atoms with E-state index in [-0.39, 0.29) is 18.9 Å². The van der Waals surface area contributed by atoms with Crippen molar-refractivity contribution in [2.24, 2.45) is 0 Å². The highest BCUT2D eigenvalue weighted by Gasteiger charge is 2.30. The number of hydrogen-bond acceptors (Lipinski definition) is 4. The molecule has 0 saturated carbocycles. The molecule has 0 bridgehead atoms. The fourth-order valence-electron chi connectivity index (χ4n) is 2.59. The molecule has 6 nitrogen and oxygen atoms in total. The third kappa shape index (κ3) is 6.77. The molecule has 0 saturated heterocycles. The van der Waals surface area contributed by atoms with E-state index in [9.17, 15) is 18.0 Å². The topological polar surface area (TPSA) is 85.7 Å². The minimum absolute atomic E-state index is 0.0584. The van der Waals surface area contributed by atoms with Gasteiger partial charge in [-0.25, -0.2) is 4.79 Å². The molecule has 0 heterocycles. The fraction of sp³-hybridized carbons (Fsp3) is 0.333. The number of rotatable bonds is 5. The van der Waals surface area contributed by atoms with Crippen LogP contribution < -0.4 is 5.48 Å². The fourth-order valence-corrected chi connectivity index (χ4v) is 2.59. The number of ether oxygens (including phenoxy) is 1. The maximum atomic E-state index is 12.8. The molecule has 0 aliphatic carbocycles. The van der Waals surface area contributed by atoms with Crippen LogP contribution in [0.5, 0.6) is 0 Å². The number of hydroxylamine groups is 1. The summed E-state index contributed by atoms with van der Waals surface area (Å²) in [5.41, 5.74) is 1.96. The highest BCUT2D eigenvalue weighted by molar-refractivity contribution is 5.95. The molecule has 0 aromatic heterocycles. The standard InChI is InChI=1S/C21H24F3N3O3/c1-20(2,3)30-19(28)27(12-14-4-8-16(9-5-14)18(25)26-29)13-15-6-10-17(11-7-15)21(22,23)24/h4-11,29H,12-13H2,1-3H3,(H2,25,26). The van der Waals surface area contributed by atoms with Gasteiger partial charge in [-0.1, -0.05) is 36.4 Å². The Morgan fingerprint density at radius 1 is 1.00 bits per heavy atom. The Hall–Kier alpha value is -3.07. The van der Waals surface area contributed by atoms with Crippen molar-refractivity contribution in [1.82, 2.24) is 10.4 Å². The average molecular weight is 423 g/mol. The van der Waals surface area contributed by atoms with Crippen molar-refractivity contribution in [2.75, 3.05) is 0 Å². The second-order valence-corrected chi connectivity index (χ2v) is 7.71. The van der Waals surface area contributed by atoms with Crippen molar-refractivity contribution in [3.63, 3.8) is 0 Å². The summed E-state index contributed by atoms with van der Waals surface area (Å²) in [7, 11) is 0.